The summed E-state index contributed by atoms with van der Waals surface area (Å²) >= 11 is 7.83. The minimum atomic E-state index is -0.511. The number of amides is 3. The standard InChI is InChI=1S/C19H11Br2N3O3S/c1-9(25)24-14-7-4-11(21)8-13(14)15(18(24)27)16-17(26)23-19(28-16)22-12-5-2-10(20)3-6-12/h2-8H,1H3,(H,22,23,26)/b16-15-. The van der Waals surface area contributed by atoms with Crippen LogP contribution in [0.5, 0.6) is 0 Å². The van der Waals surface area contributed by atoms with Crippen LogP contribution in [0.25, 0.3) is 5.57 Å². The zero-order chi connectivity index (χ0) is 20.0. The van der Waals surface area contributed by atoms with Crippen LogP contribution in [0, 0.1) is 0 Å². The molecule has 4 rings (SSSR count). The van der Waals surface area contributed by atoms with E-state index in [-0.39, 0.29) is 10.5 Å². The van der Waals surface area contributed by atoms with E-state index >= 15 is 0 Å². The number of amidine groups is 1. The average Bonchev–Trinajstić information content (AvgIpc) is 3.12. The molecule has 0 aliphatic carbocycles. The van der Waals surface area contributed by atoms with Crippen molar-refractivity contribution in [3.8, 4) is 0 Å². The van der Waals surface area contributed by atoms with Crippen LogP contribution < -0.4 is 10.2 Å². The summed E-state index contributed by atoms with van der Waals surface area (Å²) in [5.74, 6) is -1.33. The predicted octanol–water partition coefficient (Wildman–Crippen LogP) is 4.37. The highest BCUT2D eigenvalue weighted by molar-refractivity contribution is 9.10. The molecule has 1 N–H and O–H groups in total. The normalized spacial score (nSPS) is 20.0. The minimum absolute atomic E-state index is 0.204. The molecule has 2 aromatic carbocycles. The molecule has 2 aliphatic rings. The Bertz CT molecular complexity index is 1110. The molecule has 0 radical (unpaired) electrons. The zero-order valence-corrected chi connectivity index (χ0v) is 18.3. The number of nitrogens with zero attached hydrogens (tertiary/aromatic N) is 2. The summed E-state index contributed by atoms with van der Waals surface area (Å²) in [4.78, 5) is 43.3. The summed E-state index contributed by atoms with van der Waals surface area (Å²) in [6, 6.07) is 12.5. The van der Waals surface area contributed by atoms with E-state index in [1.165, 1.54) is 6.92 Å². The van der Waals surface area contributed by atoms with Gasteiger partial charge in [-0.05, 0) is 54.2 Å². The number of halogens is 2. The Hall–Kier alpha value is -2.23. The van der Waals surface area contributed by atoms with Gasteiger partial charge in [-0.1, -0.05) is 31.9 Å². The molecule has 6 nitrogen and oxygen atoms in total. The highest BCUT2D eigenvalue weighted by Gasteiger charge is 2.41. The molecule has 0 atom stereocenters. The van der Waals surface area contributed by atoms with E-state index < -0.39 is 17.7 Å². The van der Waals surface area contributed by atoms with Gasteiger partial charge in [0.15, 0.2) is 5.17 Å². The lowest BCUT2D eigenvalue weighted by atomic mass is 10.1. The van der Waals surface area contributed by atoms with Crippen LogP contribution in [0.3, 0.4) is 0 Å². The number of carbonyl (C=O) groups is 3. The van der Waals surface area contributed by atoms with Crippen molar-refractivity contribution >= 4 is 83.5 Å². The second-order valence-electron chi connectivity index (χ2n) is 5.97. The lowest BCUT2D eigenvalue weighted by Crippen LogP contribution is -2.31. The van der Waals surface area contributed by atoms with E-state index in [4.69, 9.17) is 0 Å². The molecule has 2 aliphatic heterocycles. The first-order valence-electron chi connectivity index (χ1n) is 8.08. The number of benzene rings is 2. The van der Waals surface area contributed by atoms with E-state index in [1.54, 1.807) is 30.3 Å². The summed E-state index contributed by atoms with van der Waals surface area (Å²) in [7, 11) is 0. The molecule has 0 unspecified atom stereocenters. The Morgan fingerprint density at radius 2 is 1.75 bits per heavy atom. The molecule has 0 saturated carbocycles. The van der Waals surface area contributed by atoms with E-state index in [0.717, 1.165) is 25.6 Å². The molecule has 2 aromatic rings. The fourth-order valence-electron chi connectivity index (χ4n) is 2.94. The lowest BCUT2D eigenvalue weighted by Gasteiger charge is -2.11. The molecule has 0 bridgehead atoms. The Morgan fingerprint density at radius 3 is 2.43 bits per heavy atom. The van der Waals surface area contributed by atoms with Gasteiger partial charge in [-0.15, -0.1) is 0 Å². The molecule has 3 amide bonds. The number of thioether (sulfide) groups is 1. The second kappa shape index (κ2) is 7.31. The maximum absolute atomic E-state index is 12.9. The number of aliphatic imine (C=N–C) groups is 1. The van der Waals surface area contributed by atoms with Gasteiger partial charge in [-0.2, -0.15) is 0 Å². The Labute approximate surface area is 181 Å². The molecule has 28 heavy (non-hydrogen) atoms. The van der Waals surface area contributed by atoms with Crippen molar-refractivity contribution in [1.29, 1.82) is 0 Å². The first kappa shape index (κ1) is 19.1. The molecule has 0 spiro atoms. The zero-order valence-electron chi connectivity index (χ0n) is 14.3. The molecular weight excluding hydrogens is 510 g/mol. The van der Waals surface area contributed by atoms with Gasteiger partial charge < -0.3 is 5.32 Å². The Morgan fingerprint density at radius 1 is 1.07 bits per heavy atom. The summed E-state index contributed by atoms with van der Waals surface area (Å²) in [5.41, 5.74) is 1.88. The number of anilines is 1. The molecule has 140 valence electrons. The SMILES string of the molecule is CC(=O)N1C(=O)/C(=C2\SC(=Nc3ccc(Br)cc3)NC2=O)c2cc(Br)ccc21. The van der Waals surface area contributed by atoms with Crippen LogP contribution in [0.4, 0.5) is 11.4 Å². The topological polar surface area (TPSA) is 78.8 Å². The van der Waals surface area contributed by atoms with E-state index in [1.807, 2.05) is 12.1 Å². The van der Waals surface area contributed by atoms with Crippen molar-refractivity contribution in [2.75, 3.05) is 4.90 Å². The van der Waals surface area contributed by atoms with Crippen molar-refractivity contribution in [3.63, 3.8) is 0 Å². The van der Waals surface area contributed by atoms with E-state index in [0.29, 0.717) is 22.1 Å². The van der Waals surface area contributed by atoms with Crippen LogP contribution >= 0.6 is 43.6 Å². The number of rotatable bonds is 1. The largest absolute Gasteiger partial charge is 0.300 e. The van der Waals surface area contributed by atoms with Crippen LogP contribution in [-0.4, -0.2) is 22.9 Å². The first-order valence-corrected chi connectivity index (χ1v) is 10.5. The molecule has 0 aromatic heterocycles. The van der Waals surface area contributed by atoms with Gasteiger partial charge in [0.1, 0.15) is 0 Å². The van der Waals surface area contributed by atoms with Crippen molar-refractivity contribution in [3.05, 3.63) is 61.9 Å². The maximum Gasteiger partial charge on any atom is 0.267 e. The predicted molar refractivity (Wildman–Crippen MR) is 116 cm³/mol. The van der Waals surface area contributed by atoms with Gasteiger partial charge in [0.05, 0.1) is 21.9 Å². The van der Waals surface area contributed by atoms with Crippen molar-refractivity contribution in [2.45, 2.75) is 6.92 Å². The lowest BCUT2D eigenvalue weighted by molar-refractivity contribution is -0.122. The smallest absolute Gasteiger partial charge is 0.267 e. The minimum Gasteiger partial charge on any atom is -0.300 e. The number of hydrogen-bond acceptors (Lipinski definition) is 5. The Kier molecular flexibility index (Phi) is 4.98. The monoisotopic (exact) mass is 519 g/mol. The van der Waals surface area contributed by atoms with Gasteiger partial charge in [0, 0.05) is 21.4 Å². The van der Waals surface area contributed by atoms with Gasteiger partial charge >= 0.3 is 0 Å². The maximum atomic E-state index is 12.9. The summed E-state index contributed by atoms with van der Waals surface area (Å²) < 4.78 is 1.67. The van der Waals surface area contributed by atoms with Crippen molar-refractivity contribution in [2.24, 2.45) is 4.99 Å². The third-order valence-corrected chi connectivity index (χ3v) is 6.11. The van der Waals surface area contributed by atoms with Crippen LogP contribution in [0.1, 0.15) is 12.5 Å². The van der Waals surface area contributed by atoms with Crippen LogP contribution in [-0.2, 0) is 14.4 Å². The van der Waals surface area contributed by atoms with Gasteiger partial charge in [0.2, 0.25) is 5.91 Å². The van der Waals surface area contributed by atoms with Crippen LogP contribution in [0.2, 0.25) is 0 Å². The molecule has 2 heterocycles. The first-order chi connectivity index (χ1) is 13.3. The number of imide groups is 1. The summed E-state index contributed by atoms with van der Waals surface area (Å²) in [6.07, 6.45) is 0. The fourth-order valence-corrected chi connectivity index (χ4v) is 4.50. The molecular formula is C19H11Br2N3O3S. The van der Waals surface area contributed by atoms with Crippen molar-refractivity contribution in [1.82, 2.24) is 5.32 Å². The highest BCUT2D eigenvalue weighted by Crippen LogP contribution is 2.44. The summed E-state index contributed by atoms with van der Waals surface area (Å²) in [6.45, 7) is 1.32. The number of fused-ring (bicyclic) bond motifs is 1. The van der Waals surface area contributed by atoms with Gasteiger partial charge in [-0.3, -0.25) is 14.4 Å². The quantitative estimate of drug-likeness (QED) is 0.566. The van der Waals surface area contributed by atoms with Crippen molar-refractivity contribution < 1.29 is 14.4 Å². The highest BCUT2D eigenvalue weighted by atomic mass is 79.9. The third kappa shape index (κ3) is 3.34. The van der Waals surface area contributed by atoms with Gasteiger partial charge in [-0.25, -0.2) is 9.89 Å². The number of hydrogen-bond donors (Lipinski definition) is 1. The second-order valence-corrected chi connectivity index (χ2v) is 8.81. The van der Waals surface area contributed by atoms with Crippen LogP contribution in [0.15, 0.2) is 61.3 Å². The number of carbonyl (C=O) groups excluding carboxylic acids is 3. The van der Waals surface area contributed by atoms with E-state index in [9.17, 15) is 14.4 Å². The van der Waals surface area contributed by atoms with Gasteiger partial charge in [0.25, 0.3) is 11.8 Å². The van der Waals surface area contributed by atoms with E-state index in [2.05, 4.69) is 42.2 Å². The molecule has 1 fully saturated rings. The fraction of sp³-hybridized carbons (Fsp3) is 0.0526. The molecule has 1 saturated heterocycles. The number of nitrogens with one attached hydrogen (secondary N) is 1. The molecule has 9 heteroatoms. The Balaban J connectivity index is 1.79. The summed E-state index contributed by atoms with van der Waals surface area (Å²) in [5, 5.41) is 3.07. The average molecular weight is 521 g/mol. The third-order valence-electron chi connectivity index (χ3n) is 4.11.